The molecule has 2 unspecified atom stereocenters. The van der Waals surface area contributed by atoms with Crippen LogP contribution in [0.1, 0.15) is 37.8 Å². The fraction of sp³-hybridized carbons (Fsp3) is 0.379. The molecule has 3 aromatic carbocycles. The Morgan fingerprint density at radius 1 is 0.875 bits per heavy atom. The van der Waals surface area contributed by atoms with Gasteiger partial charge in [0.25, 0.3) is 0 Å². The second-order valence-corrected chi connectivity index (χ2v) is 13.8. The van der Waals surface area contributed by atoms with Crippen molar-refractivity contribution in [2.24, 2.45) is 0 Å². The first kappa shape index (κ1) is 30.0. The number of methoxy groups -OCH3 is 2. The molecule has 1 aliphatic rings. The summed E-state index contributed by atoms with van der Waals surface area (Å²) in [6.07, 6.45) is 0.592. The monoisotopic (exact) mass is 591 g/mol. The van der Waals surface area contributed by atoms with Crippen LogP contribution < -0.4 is 9.47 Å². The van der Waals surface area contributed by atoms with Gasteiger partial charge in [0.05, 0.1) is 41.1 Å². The van der Waals surface area contributed by atoms with E-state index >= 15 is 0 Å². The zero-order chi connectivity index (χ0) is 29.2. The molecular weight excluding hydrogens is 557 g/mol. The van der Waals surface area contributed by atoms with Crippen molar-refractivity contribution in [1.29, 1.82) is 0 Å². The van der Waals surface area contributed by atoms with Crippen LogP contribution in [0, 0.1) is 12.7 Å². The van der Waals surface area contributed by atoms with Crippen molar-refractivity contribution in [1.82, 2.24) is 4.31 Å². The maximum atomic E-state index is 14.4. The average Bonchev–Trinajstić information content (AvgIpc) is 2.91. The third-order valence-corrected chi connectivity index (χ3v) is 10.9. The third kappa shape index (κ3) is 6.17. The highest BCUT2D eigenvalue weighted by atomic mass is 32.2. The fourth-order valence-electron chi connectivity index (χ4n) is 5.07. The minimum Gasteiger partial charge on any atom is -0.497 e. The SMILES string of the molecule is COc1ccc(CN(C2CC(C)OC(C)C2)S(=O)(=O)c2cc(S(=O)(=O)c3ccc(F)cc3)ccc2C)c(OC)c1. The summed E-state index contributed by atoms with van der Waals surface area (Å²) >= 11 is 0. The van der Waals surface area contributed by atoms with Gasteiger partial charge in [-0.15, -0.1) is 0 Å². The van der Waals surface area contributed by atoms with Gasteiger partial charge in [0, 0.05) is 24.2 Å². The number of rotatable bonds is 9. The second-order valence-electron chi connectivity index (χ2n) is 10.00. The number of hydrogen-bond acceptors (Lipinski definition) is 7. The summed E-state index contributed by atoms with van der Waals surface area (Å²) in [4.78, 5) is -0.443. The molecule has 0 aliphatic carbocycles. The van der Waals surface area contributed by atoms with E-state index in [-0.39, 0.29) is 33.4 Å². The summed E-state index contributed by atoms with van der Waals surface area (Å²) in [6, 6.07) is 13.2. The molecular formula is C29H34FNO7S2. The van der Waals surface area contributed by atoms with Crippen LogP contribution in [0.2, 0.25) is 0 Å². The Morgan fingerprint density at radius 3 is 2.10 bits per heavy atom. The standard InChI is InChI=1S/C29H34FNO7S2/c1-19-6-11-27(39(32,33)26-12-8-23(30)9-13-26)17-29(19)40(34,35)31(24-14-20(2)38-21(3)15-24)18-22-7-10-25(36-4)16-28(22)37-5/h6-13,16-17,20-21,24H,14-15,18H2,1-5H3. The lowest BCUT2D eigenvalue weighted by Gasteiger charge is -2.39. The number of aryl methyl sites for hydroxylation is 1. The molecule has 0 bridgehead atoms. The number of ether oxygens (including phenoxy) is 3. The zero-order valence-electron chi connectivity index (χ0n) is 23.1. The summed E-state index contributed by atoms with van der Waals surface area (Å²) in [6.45, 7) is 5.43. The summed E-state index contributed by atoms with van der Waals surface area (Å²) in [5.41, 5.74) is 1.03. The first-order chi connectivity index (χ1) is 18.9. The van der Waals surface area contributed by atoms with Crippen molar-refractivity contribution in [3.63, 3.8) is 0 Å². The number of sulfonamides is 1. The zero-order valence-corrected chi connectivity index (χ0v) is 24.8. The predicted octanol–water partition coefficient (Wildman–Crippen LogP) is 5.13. The fourth-order valence-corrected chi connectivity index (χ4v) is 8.31. The van der Waals surface area contributed by atoms with Crippen LogP contribution in [0.5, 0.6) is 11.5 Å². The third-order valence-electron chi connectivity index (χ3n) is 7.08. The van der Waals surface area contributed by atoms with E-state index in [0.717, 1.165) is 24.3 Å². The molecule has 1 fully saturated rings. The molecule has 1 saturated heterocycles. The number of halogens is 1. The molecule has 1 heterocycles. The molecule has 1 aliphatic heterocycles. The molecule has 0 spiro atoms. The molecule has 0 saturated carbocycles. The van der Waals surface area contributed by atoms with E-state index in [1.807, 2.05) is 13.8 Å². The molecule has 0 amide bonds. The summed E-state index contributed by atoms with van der Waals surface area (Å²) in [5.74, 6) is 0.463. The molecule has 40 heavy (non-hydrogen) atoms. The van der Waals surface area contributed by atoms with E-state index < -0.39 is 31.7 Å². The van der Waals surface area contributed by atoms with Crippen molar-refractivity contribution >= 4 is 19.9 Å². The van der Waals surface area contributed by atoms with Crippen molar-refractivity contribution in [3.8, 4) is 11.5 Å². The minimum atomic E-state index is -4.22. The molecule has 216 valence electrons. The van der Waals surface area contributed by atoms with Gasteiger partial charge >= 0.3 is 0 Å². The van der Waals surface area contributed by atoms with Gasteiger partial charge in [-0.2, -0.15) is 4.31 Å². The molecule has 2 atom stereocenters. The van der Waals surface area contributed by atoms with Crippen molar-refractivity contribution in [2.45, 2.75) is 73.1 Å². The maximum Gasteiger partial charge on any atom is 0.243 e. The molecule has 8 nitrogen and oxygen atoms in total. The van der Waals surface area contributed by atoms with Gasteiger partial charge in [0.1, 0.15) is 17.3 Å². The summed E-state index contributed by atoms with van der Waals surface area (Å²) in [7, 11) is -5.29. The minimum absolute atomic E-state index is 0.00596. The van der Waals surface area contributed by atoms with Crippen LogP contribution in [-0.2, 0) is 31.1 Å². The number of hydrogen-bond donors (Lipinski definition) is 0. The normalized spacial score (nSPS) is 19.9. The van der Waals surface area contributed by atoms with E-state index in [0.29, 0.717) is 35.5 Å². The number of benzene rings is 3. The van der Waals surface area contributed by atoms with E-state index in [2.05, 4.69) is 0 Å². The Bertz CT molecular complexity index is 1560. The van der Waals surface area contributed by atoms with Gasteiger partial charge in [-0.05, 0) is 81.6 Å². The van der Waals surface area contributed by atoms with Crippen LogP contribution in [0.15, 0.2) is 75.4 Å². The van der Waals surface area contributed by atoms with Gasteiger partial charge in [-0.25, -0.2) is 21.2 Å². The first-order valence-corrected chi connectivity index (χ1v) is 15.8. The van der Waals surface area contributed by atoms with Crippen molar-refractivity contribution in [2.75, 3.05) is 14.2 Å². The Kier molecular flexibility index (Phi) is 8.89. The highest BCUT2D eigenvalue weighted by molar-refractivity contribution is 7.91. The van der Waals surface area contributed by atoms with E-state index in [1.165, 1.54) is 36.7 Å². The Morgan fingerprint density at radius 2 is 1.50 bits per heavy atom. The quantitative estimate of drug-likeness (QED) is 0.318. The van der Waals surface area contributed by atoms with E-state index in [1.54, 1.807) is 25.1 Å². The smallest absolute Gasteiger partial charge is 0.243 e. The topological polar surface area (TPSA) is 99.2 Å². The maximum absolute atomic E-state index is 14.4. The molecule has 0 radical (unpaired) electrons. The summed E-state index contributed by atoms with van der Waals surface area (Å²) < 4.78 is 87.2. The van der Waals surface area contributed by atoms with Gasteiger partial charge in [0.15, 0.2) is 0 Å². The van der Waals surface area contributed by atoms with Crippen LogP contribution >= 0.6 is 0 Å². The van der Waals surface area contributed by atoms with Crippen molar-refractivity contribution in [3.05, 3.63) is 77.6 Å². The lowest BCUT2D eigenvalue weighted by molar-refractivity contribution is -0.0540. The van der Waals surface area contributed by atoms with Gasteiger partial charge in [-0.1, -0.05) is 12.1 Å². The molecule has 4 rings (SSSR count). The Balaban J connectivity index is 1.82. The van der Waals surface area contributed by atoms with Gasteiger partial charge in [0.2, 0.25) is 19.9 Å². The van der Waals surface area contributed by atoms with Crippen molar-refractivity contribution < 1.29 is 35.4 Å². The lowest BCUT2D eigenvalue weighted by Crippen LogP contribution is -2.46. The number of sulfone groups is 1. The first-order valence-electron chi connectivity index (χ1n) is 12.9. The Hall–Kier alpha value is -2.99. The molecule has 0 N–H and O–H groups in total. The lowest BCUT2D eigenvalue weighted by atomic mass is 9.99. The van der Waals surface area contributed by atoms with Gasteiger partial charge < -0.3 is 14.2 Å². The second kappa shape index (κ2) is 11.9. The number of nitrogens with zero attached hydrogens (tertiary/aromatic N) is 1. The van der Waals surface area contributed by atoms with Crippen LogP contribution in [-0.4, -0.2) is 53.6 Å². The van der Waals surface area contributed by atoms with E-state index in [4.69, 9.17) is 14.2 Å². The van der Waals surface area contributed by atoms with Gasteiger partial charge in [-0.3, -0.25) is 0 Å². The predicted molar refractivity (Wildman–Crippen MR) is 148 cm³/mol. The van der Waals surface area contributed by atoms with E-state index in [9.17, 15) is 21.2 Å². The summed E-state index contributed by atoms with van der Waals surface area (Å²) in [5, 5.41) is 0. The largest absolute Gasteiger partial charge is 0.497 e. The Labute approximate surface area is 235 Å². The molecule has 0 aromatic heterocycles. The highest BCUT2D eigenvalue weighted by Crippen LogP contribution is 2.35. The average molecular weight is 592 g/mol. The highest BCUT2D eigenvalue weighted by Gasteiger charge is 2.38. The molecule has 11 heteroatoms. The van der Waals surface area contributed by atoms with Crippen LogP contribution in [0.3, 0.4) is 0 Å². The van der Waals surface area contributed by atoms with Crippen LogP contribution in [0.4, 0.5) is 4.39 Å². The molecule has 3 aromatic rings. The van der Waals surface area contributed by atoms with Crippen LogP contribution in [0.25, 0.3) is 0 Å².